The van der Waals surface area contributed by atoms with Crippen molar-refractivity contribution >= 4 is 12.1 Å². The maximum absolute atomic E-state index is 7.97. The lowest BCUT2D eigenvalue weighted by molar-refractivity contribution is 0.377. The molecular formula is C18H28N2O. The Morgan fingerprint density at radius 3 is 2.48 bits per heavy atom. The highest BCUT2D eigenvalue weighted by Crippen LogP contribution is 2.19. The van der Waals surface area contributed by atoms with Gasteiger partial charge in [-0.2, -0.15) is 0 Å². The Hall–Kier alpha value is -1.90. The number of hydrogen-bond acceptors (Lipinski definition) is 3. The van der Waals surface area contributed by atoms with Gasteiger partial charge in [0.05, 0.1) is 0 Å². The Morgan fingerprint density at radius 2 is 1.95 bits per heavy atom. The van der Waals surface area contributed by atoms with Crippen molar-refractivity contribution in [2.75, 3.05) is 0 Å². The van der Waals surface area contributed by atoms with Crippen LogP contribution >= 0.6 is 0 Å². The predicted molar refractivity (Wildman–Crippen MR) is 92.0 cm³/mol. The second-order valence-electron chi connectivity index (χ2n) is 5.16. The van der Waals surface area contributed by atoms with Crippen LogP contribution in [0.25, 0.3) is 0 Å². The quantitative estimate of drug-likeness (QED) is 0.258. The van der Waals surface area contributed by atoms with Gasteiger partial charge in [0, 0.05) is 5.92 Å². The first kappa shape index (κ1) is 19.1. The molecule has 0 aromatic rings. The Labute approximate surface area is 129 Å². The lowest BCUT2D eigenvalue weighted by Gasteiger charge is -2.18. The molecule has 0 aromatic heterocycles. The van der Waals surface area contributed by atoms with E-state index in [1.165, 1.54) is 11.8 Å². The highest BCUT2D eigenvalue weighted by molar-refractivity contribution is 5.76. The third kappa shape index (κ3) is 8.79. The molecule has 2 unspecified atom stereocenters. The molecule has 0 saturated carbocycles. The van der Waals surface area contributed by atoms with Gasteiger partial charge in [-0.1, -0.05) is 43.4 Å². The van der Waals surface area contributed by atoms with Crippen molar-refractivity contribution in [2.45, 2.75) is 40.5 Å². The minimum absolute atomic E-state index is 0.00693. The minimum Gasteiger partial charge on any atom is -0.444 e. The molecule has 0 aliphatic rings. The Kier molecular flexibility index (Phi) is 9.86. The predicted octanol–water partition coefficient (Wildman–Crippen LogP) is 5.27. The molecule has 116 valence electrons. The minimum atomic E-state index is -0.00693. The van der Waals surface area contributed by atoms with Gasteiger partial charge in [-0.15, -0.1) is 0 Å². The number of rotatable bonds is 9. The maximum Gasteiger partial charge on any atom is 0.190 e. The van der Waals surface area contributed by atoms with E-state index in [2.05, 4.69) is 18.7 Å². The zero-order valence-corrected chi connectivity index (χ0v) is 13.6. The molecule has 0 fully saturated rings. The van der Waals surface area contributed by atoms with Gasteiger partial charge in [0.25, 0.3) is 0 Å². The molecule has 0 bridgehead atoms. The zero-order chi connectivity index (χ0) is 16.3. The summed E-state index contributed by atoms with van der Waals surface area (Å²) >= 11 is 0. The van der Waals surface area contributed by atoms with Crippen LogP contribution in [0.4, 0.5) is 0 Å². The van der Waals surface area contributed by atoms with Crippen LogP contribution < -0.4 is 0 Å². The van der Waals surface area contributed by atoms with Crippen molar-refractivity contribution in [3.05, 3.63) is 48.3 Å². The molecule has 2 atom stereocenters. The summed E-state index contributed by atoms with van der Waals surface area (Å²) in [5.74, 6) is 0.946. The molecule has 2 N–H and O–H groups in total. The van der Waals surface area contributed by atoms with Crippen LogP contribution in [0, 0.1) is 22.7 Å². The molecule has 3 nitrogen and oxygen atoms in total. The van der Waals surface area contributed by atoms with Crippen LogP contribution in [0.15, 0.2) is 48.3 Å². The molecule has 0 spiro atoms. The molecule has 3 heteroatoms. The van der Waals surface area contributed by atoms with Crippen LogP contribution in [0.3, 0.4) is 0 Å². The zero-order valence-electron chi connectivity index (χ0n) is 13.6. The summed E-state index contributed by atoms with van der Waals surface area (Å²) in [4.78, 5) is 0. The summed E-state index contributed by atoms with van der Waals surface area (Å²) in [5.41, 5.74) is 1.20. The summed E-state index contributed by atoms with van der Waals surface area (Å²) in [7, 11) is 0. The van der Waals surface area contributed by atoms with Crippen LogP contribution in [0.5, 0.6) is 0 Å². The van der Waals surface area contributed by atoms with E-state index in [0.29, 0.717) is 12.2 Å². The monoisotopic (exact) mass is 288 g/mol. The highest BCUT2D eigenvalue weighted by Gasteiger charge is 2.16. The fourth-order valence-electron chi connectivity index (χ4n) is 1.81. The molecule has 0 rings (SSSR count). The first-order valence-electron chi connectivity index (χ1n) is 7.32. The summed E-state index contributed by atoms with van der Waals surface area (Å²) in [6.45, 7) is 11.7. The second kappa shape index (κ2) is 10.8. The first-order valence-corrected chi connectivity index (χ1v) is 7.32. The molecule has 21 heavy (non-hydrogen) atoms. The number of hydrogen-bond donors (Lipinski definition) is 2. The molecule has 0 aliphatic carbocycles. The van der Waals surface area contributed by atoms with E-state index in [9.17, 15) is 0 Å². The van der Waals surface area contributed by atoms with Crippen molar-refractivity contribution < 1.29 is 4.74 Å². The standard InChI is InChI=1S/C18H28N2O/c1-6-8-16(5)21-18(20)15(4)13-17(11-12-19)10-9-14(3)7-2/h6-10,12,15,17,19-20H,5,11,13H2,1-4H3. The Morgan fingerprint density at radius 1 is 1.29 bits per heavy atom. The summed E-state index contributed by atoms with van der Waals surface area (Å²) in [6, 6.07) is 0. The molecule has 0 heterocycles. The van der Waals surface area contributed by atoms with Crippen molar-refractivity contribution in [1.82, 2.24) is 0 Å². The van der Waals surface area contributed by atoms with Crippen LogP contribution in [-0.4, -0.2) is 12.1 Å². The third-order valence-electron chi connectivity index (χ3n) is 3.20. The van der Waals surface area contributed by atoms with Gasteiger partial charge >= 0.3 is 0 Å². The molecule has 0 saturated heterocycles. The summed E-state index contributed by atoms with van der Waals surface area (Å²) in [6.07, 6.45) is 12.7. The SMILES string of the molecule is C=C(C=CC)OC(=N)C(C)CC(C=CC(C)=CC)CC=N. The third-order valence-corrected chi connectivity index (χ3v) is 3.20. The van der Waals surface area contributed by atoms with Gasteiger partial charge < -0.3 is 10.1 Å². The Balaban J connectivity index is 4.62. The van der Waals surface area contributed by atoms with E-state index in [0.717, 1.165) is 6.42 Å². The maximum atomic E-state index is 7.97. The molecule has 0 radical (unpaired) electrons. The van der Waals surface area contributed by atoms with Gasteiger partial charge in [0.2, 0.25) is 0 Å². The van der Waals surface area contributed by atoms with E-state index >= 15 is 0 Å². The summed E-state index contributed by atoms with van der Waals surface area (Å²) in [5, 5.41) is 15.3. The van der Waals surface area contributed by atoms with E-state index < -0.39 is 0 Å². The van der Waals surface area contributed by atoms with E-state index in [4.69, 9.17) is 15.6 Å². The van der Waals surface area contributed by atoms with Gasteiger partial charge in [-0.05, 0) is 51.8 Å². The fourth-order valence-corrected chi connectivity index (χ4v) is 1.81. The lowest BCUT2D eigenvalue weighted by atomic mass is 9.92. The van der Waals surface area contributed by atoms with Crippen LogP contribution in [-0.2, 0) is 4.74 Å². The number of allylic oxidation sites excluding steroid dienone is 6. The Bertz CT molecular complexity index is 444. The van der Waals surface area contributed by atoms with E-state index in [1.807, 2.05) is 39.8 Å². The van der Waals surface area contributed by atoms with Crippen molar-refractivity contribution in [1.29, 1.82) is 10.8 Å². The van der Waals surface area contributed by atoms with Crippen LogP contribution in [0.2, 0.25) is 0 Å². The van der Waals surface area contributed by atoms with Crippen molar-refractivity contribution in [2.24, 2.45) is 11.8 Å². The number of ether oxygens (including phenoxy) is 1. The molecule has 0 amide bonds. The molecule has 0 aliphatic heterocycles. The van der Waals surface area contributed by atoms with Gasteiger partial charge in [-0.25, -0.2) is 0 Å². The lowest BCUT2D eigenvalue weighted by Crippen LogP contribution is -2.16. The average molecular weight is 288 g/mol. The smallest absolute Gasteiger partial charge is 0.190 e. The average Bonchev–Trinajstić information content (AvgIpc) is 2.44. The molecule has 0 aromatic carbocycles. The van der Waals surface area contributed by atoms with Crippen molar-refractivity contribution in [3.63, 3.8) is 0 Å². The van der Waals surface area contributed by atoms with E-state index in [-0.39, 0.29) is 17.7 Å². The normalized spacial score (nSPS) is 15.1. The fraction of sp³-hybridized carbons (Fsp3) is 0.444. The molecular weight excluding hydrogens is 260 g/mol. The second-order valence-corrected chi connectivity index (χ2v) is 5.16. The first-order chi connectivity index (χ1) is 9.94. The number of nitrogens with one attached hydrogen (secondary N) is 2. The summed E-state index contributed by atoms with van der Waals surface area (Å²) < 4.78 is 5.39. The van der Waals surface area contributed by atoms with Gasteiger partial charge in [-0.3, -0.25) is 5.41 Å². The van der Waals surface area contributed by atoms with E-state index in [1.54, 1.807) is 6.08 Å². The van der Waals surface area contributed by atoms with Gasteiger partial charge in [0.15, 0.2) is 5.90 Å². The van der Waals surface area contributed by atoms with Crippen molar-refractivity contribution in [3.8, 4) is 0 Å². The van der Waals surface area contributed by atoms with Crippen LogP contribution in [0.1, 0.15) is 40.5 Å². The highest BCUT2D eigenvalue weighted by atomic mass is 16.5. The van der Waals surface area contributed by atoms with Gasteiger partial charge in [0.1, 0.15) is 5.76 Å². The topological polar surface area (TPSA) is 56.9 Å². The largest absolute Gasteiger partial charge is 0.444 e.